The minimum absolute atomic E-state index is 0.00894. The van der Waals surface area contributed by atoms with Crippen molar-refractivity contribution in [2.24, 2.45) is 11.7 Å². The number of phenolic OH excluding ortho intramolecular Hbond substituents is 1. The van der Waals surface area contributed by atoms with Crippen LogP contribution >= 0.6 is 0 Å². The van der Waals surface area contributed by atoms with E-state index < -0.39 is 6.10 Å². The third-order valence-corrected chi connectivity index (χ3v) is 7.69. The molecule has 0 saturated heterocycles. The number of phenols is 1. The number of nitrogens with two attached hydrogens (primary N) is 1. The molecule has 0 saturated carbocycles. The normalized spacial score (nSPS) is 15.5. The average Bonchev–Trinajstić information content (AvgIpc) is 3.48. The topological polar surface area (TPSA) is 133 Å². The molecule has 2 aromatic rings. The summed E-state index contributed by atoms with van der Waals surface area (Å²) in [6.07, 6.45) is 15.8. The number of aromatic nitrogens is 1. The molecule has 1 aliphatic rings. The van der Waals surface area contributed by atoms with Crippen LogP contribution < -0.4 is 15.8 Å². The van der Waals surface area contributed by atoms with Gasteiger partial charge in [0.25, 0.3) is 0 Å². The maximum absolute atomic E-state index is 10.7. The number of dihydropyridines is 1. The highest BCUT2D eigenvalue weighted by atomic mass is 16.5. The van der Waals surface area contributed by atoms with Gasteiger partial charge in [-0.05, 0) is 85.9 Å². The molecule has 0 fully saturated rings. The Bertz CT molecular complexity index is 1050. The van der Waals surface area contributed by atoms with E-state index in [9.17, 15) is 15.3 Å². The van der Waals surface area contributed by atoms with Gasteiger partial charge in [-0.15, -0.1) is 0 Å². The first kappa shape index (κ1) is 32.6. The Morgan fingerprint density at radius 1 is 1.05 bits per heavy atom. The number of hydrogen-bond acceptors (Lipinski definition) is 7. The van der Waals surface area contributed by atoms with Gasteiger partial charge in [0.15, 0.2) is 11.5 Å². The molecule has 3 rings (SSSR count). The summed E-state index contributed by atoms with van der Waals surface area (Å²) >= 11 is 0. The predicted octanol–water partition coefficient (Wildman–Crippen LogP) is 5.10. The maximum atomic E-state index is 10.7. The largest absolute Gasteiger partial charge is 0.504 e. The van der Waals surface area contributed by atoms with Crippen LogP contribution in [0, 0.1) is 5.92 Å². The van der Waals surface area contributed by atoms with Crippen LogP contribution in [0.2, 0.25) is 0 Å². The monoisotopic (exact) mass is 569 g/mol. The Labute approximate surface area is 245 Å². The van der Waals surface area contributed by atoms with E-state index in [-0.39, 0.29) is 24.4 Å². The molecular formula is C33H51N3O5. The number of nitrogens with one attached hydrogen (secondary N) is 2. The van der Waals surface area contributed by atoms with Gasteiger partial charge in [0, 0.05) is 18.4 Å². The SMILES string of the molecule is CCCCCCC[C@@H](C[C@H](O)CCc1ccc(O)c(OCC[C@H](Cc2ccc[nH]2)C2=CCNC(N)=C2)c1)OCCO. The lowest BCUT2D eigenvalue weighted by molar-refractivity contribution is -0.00844. The van der Waals surface area contributed by atoms with Crippen molar-refractivity contribution in [2.75, 3.05) is 26.4 Å². The van der Waals surface area contributed by atoms with Crippen molar-refractivity contribution in [2.45, 2.75) is 89.8 Å². The van der Waals surface area contributed by atoms with Gasteiger partial charge in [-0.25, -0.2) is 0 Å². The second-order valence-corrected chi connectivity index (χ2v) is 11.1. The summed E-state index contributed by atoms with van der Waals surface area (Å²) in [4.78, 5) is 3.29. The zero-order valence-electron chi connectivity index (χ0n) is 24.7. The molecule has 2 heterocycles. The lowest BCUT2D eigenvalue weighted by Gasteiger charge is -2.22. The number of aliphatic hydroxyl groups excluding tert-OH is 2. The van der Waals surface area contributed by atoms with Crippen molar-refractivity contribution in [3.05, 3.63) is 71.3 Å². The standard InChI is InChI=1S/C33H51N3O5/c1-2-3-4-5-6-9-30(40-20-18-37)24-29(38)12-10-25-11-13-31(39)32(21-25)41-19-15-27(22-28-8-7-16-35-28)26-14-17-36-33(34)23-26/h7-8,11,13-14,16,21,23,27,29-30,35-39H,2-6,9-10,12,15,17-20,22,24,34H2,1H3/t27-,29-,30+/m1/s1. The summed E-state index contributed by atoms with van der Waals surface area (Å²) in [6, 6.07) is 9.50. The first-order valence-electron chi connectivity index (χ1n) is 15.4. The Morgan fingerprint density at radius 3 is 2.66 bits per heavy atom. The van der Waals surface area contributed by atoms with Crippen molar-refractivity contribution >= 4 is 0 Å². The van der Waals surface area contributed by atoms with Gasteiger partial charge in [-0.1, -0.05) is 51.2 Å². The van der Waals surface area contributed by atoms with E-state index in [1.165, 1.54) is 31.3 Å². The number of unbranched alkanes of at least 4 members (excludes halogenated alkanes) is 4. The molecule has 1 aliphatic heterocycles. The molecule has 41 heavy (non-hydrogen) atoms. The summed E-state index contributed by atoms with van der Waals surface area (Å²) in [7, 11) is 0. The van der Waals surface area contributed by atoms with E-state index in [4.69, 9.17) is 15.2 Å². The number of benzene rings is 1. The Morgan fingerprint density at radius 2 is 1.90 bits per heavy atom. The van der Waals surface area contributed by atoms with Gasteiger partial charge in [0.05, 0.1) is 37.8 Å². The number of aromatic amines is 1. The first-order valence-corrected chi connectivity index (χ1v) is 15.4. The lowest BCUT2D eigenvalue weighted by Crippen LogP contribution is -2.25. The van der Waals surface area contributed by atoms with Crippen molar-refractivity contribution in [3.8, 4) is 11.5 Å². The Kier molecular flexibility index (Phi) is 14.7. The summed E-state index contributed by atoms with van der Waals surface area (Å²) in [5, 5.41) is 33.5. The smallest absolute Gasteiger partial charge is 0.161 e. The van der Waals surface area contributed by atoms with E-state index in [1.54, 1.807) is 6.07 Å². The number of aryl methyl sites for hydroxylation is 1. The second kappa shape index (κ2) is 18.5. The molecule has 1 aromatic carbocycles. The molecule has 0 unspecified atom stereocenters. The van der Waals surface area contributed by atoms with Crippen LogP contribution in [-0.4, -0.2) is 58.9 Å². The van der Waals surface area contributed by atoms with Gasteiger partial charge in [-0.2, -0.15) is 0 Å². The van der Waals surface area contributed by atoms with Crippen LogP contribution in [0.1, 0.15) is 76.0 Å². The highest BCUT2D eigenvalue weighted by Crippen LogP contribution is 2.30. The van der Waals surface area contributed by atoms with Crippen LogP contribution in [0.15, 0.2) is 60.1 Å². The summed E-state index contributed by atoms with van der Waals surface area (Å²) < 4.78 is 11.9. The quantitative estimate of drug-likeness (QED) is 0.115. The number of allylic oxidation sites excluding steroid dienone is 2. The highest BCUT2D eigenvalue weighted by molar-refractivity contribution is 5.42. The fourth-order valence-electron chi connectivity index (χ4n) is 5.37. The summed E-state index contributed by atoms with van der Waals surface area (Å²) in [5.74, 6) is 1.47. The number of H-pyrrole nitrogens is 1. The molecule has 0 amide bonds. The molecule has 3 atom stereocenters. The molecule has 8 heteroatoms. The molecule has 8 nitrogen and oxygen atoms in total. The van der Waals surface area contributed by atoms with Crippen LogP contribution in [0.4, 0.5) is 0 Å². The lowest BCUT2D eigenvalue weighted by atomic mass is 9.89. The third kappa shape index (κ3) is 12.2. The molecule has 0 spiro atoms. The average molecular weight is 570 g/mol. The molecule has 0 radical (unpaired) electrons. The van der Waals surface area contributed by atoms with Gasteiger partial charge in [-0.3, -0.25) is 0 Å². The molecule has 0 bridgehead atoms. The second-order valence-electron chi connectivity index (χ2n) is 11.1. The number of aliphatic hydroxyl groups is 2. The van der Waals surface area contributed by atoms with Crippen molar-refractivity contribution < 1.29 is 24.8 Å². The van der Waals surface area contributed by atoms with Crippen LogP contribution in [0.5, 0.6) is 11.5 Å². The first-order chi connectivity index (χ1) is 20.0. The van der Waals surface area contributed by atoms with Crippen LogP contribution in [0.25, 0.3) is 0 Å². The van der Waals surface area contributed by atoms with E-state index >= 15 is 0 Å². The van der Waals surface area contributed by atoms with Crippen molar-refractivity contribution in [3.63, 3.8) is 0 Å². The predicted molar refractivity (Wildman–Crippen MR) is 164 cm³/mol. The number of rotatable bonds is 21. The number of hydrogen-bond donors (Lipinski definition) is 6. The molecule has 1 aromatic heterocycles. The Hall–Kier alpha value is -2.94. The maximum Gasteiger partial charge on any atom is 0.161 e. The van der Waals surface area contributed by atoms with Gasteiger partial charge in [0.2, 0.25) is 0 Å². The minimum Gasteiger partial charge on any atom is -0.504 e. The van der Waals surface area contributed by atoms with Crippen molar-refractivity contribution in [1.29, 1.82) is 0 Å². The van der Waals surface area contributed by atoms with E-state index in [2.05, 4.69) is 29.4 Å². The van der Waals surface area contributed by atoms with Gasteiger partial charge >= 0.3 is 0 Å². The van der Waals surface area contributed by atoms with E-state index in [0.717, 1.165) is 36.9 Å². The molecule has 228 valence electrons. The number of aromatic hydroxyl groups is 1. The summed E-state index contributed by atoms with van der Waals surface area (Å²) in [5.41, 5.74) is 9.38. The number of ether oxygens (including phenoxy) is 2. The fraction of sp³-hybridized carbons (Fsp3) is 0.576. The zero-order chi connectivity index (χ0) is 29.3. The minimum atomic E-state index is -0.500. The highest BCUT2D eigenvalue weighted by Gasteiger charge is 2.18. The van der Waals surface area contributed by atoms with E-state index in [1.807, 2.05) is 30.5 Å². The van der Waals surface area contributed by atoms with Crippen molar-refractivity contribution in [1.82, 2.24) is 10.3 Å². The zero-order valence-corrected chi connectivity index (χ0v) is 24.7. The van der Waals surface area contributed by atoms with Gasteiger partial charge < -0.3 is 40.8 Å². The molecular weight excluding hydrogens is 518 g/mol. The summed E-state index contributed by atoms with van der Waals surface area (Å²) in [6.45, 7) is 3.66. The fourth-order valence-corrected chi connectivity index (χ4v) is 5.37. The van der Waals surface area contributed by atoms with Crippen LogP contribution in [0.3, 0.4) is 0 Å². The molecule has 0 aliphatic carbocycles. The van der Waals surface area contributed by atoms with E-state index in [0.29, 0.717) is 50.6 Å². The Balaban J connectivity index is 1.50. The third-order valence-electron chi connectivity index (χ3n) is 7.69. The van der Waals surface area contributed by atoms with Crippen LogP contribution in [-0.2, 0) is 17.6 Å². The van der Waals surface area contributed by atoms with Gasteiger partial charge in [0.1, 0.15) is 0 Å². The molecule has 7 N–H and O–H groups in total.